The average molecular weight is 230 g/mol. The van der Waals surface area contributed by atoms with Crippen molar-refractivity contribution in [3.05, 3.63) is 47.0 Å². The Labute approximate surface area is 101 Å². The van der Waals surface area contributed by atoms with E-state index >= 15 is 0 Å². The molecule has 0 saturated carbocycles. The topological polar surface area (TPSA) is 56.7 Å². The average Bonchev–Trinajstić information content (AvgIpc) is 2.76. The van der Waals surface area contributed by atoms with E-state index in [1.165, 1.54) is 0 Å². The molecule has 0 fully saturated rings. The van der Waals surface area contributed by atoms with Crippen LogP contribution in [0.4, 0.5) is 0 Å². The normalized spacial score (nSPS) is 12.7. The first-order valence-electron chi connectivity index (χ1n) is 5.84. The van der Waals surface area contributed by atoms with Crippen molar-refractivity contribution >= 4 is 0 Å². The highest BCUT2D eigenvalue weighted by Crippen LogP contribution is 2.21. The minimum absolute atomic E-state index is 0.150. The van der Waals surface area contributed by atoms with Crippen molar-refractivity contribution < 1.29 is 0 Å². The van der Waals surface area contributed by atoms with Gasteiger partial charge in [-0.1, -0.05) is 6.07 Å². The Kier molecular flexibility index (Phi) is 3.24. The van der Waals surface area contributed by atoms with Crippen molar-refractivity contribution in [3.63, 3.8) is 0 Å². The zero-order valence-electron chi connectivity index (χ0n) is 10.5. The van der Waals surface area contributed by atoms with E-state index in [0.717, 1.165) is 29.1 Å². The second kappa shape index (κ2) is 4.67. The fourth-order valence-electron chi connectivity index (χ4n) is 1.92. The number of hydrogen-bond donors (Lipinski definition) is 1. The summed E-state index contributed by atoms with van der Waals surface area (Å²) in [4.78, 5) is 4.44. The van der Waals surface area contributed by atoms with Crippen molar-refractivity contribution in [2.45, 2.75) is 33.4 Å². The zero-order chi connectivity index (χ0) is 12.4. The number of nitrogens with two attached hydrogens (primary N) is 1. The lowest BCUT2D eigenvalue weighted by molar-refractivity contribution is 0.658. The Bertz CT molecular complexity index is 516. The van der Waals surface area contributed by atoms with Gasteiger partial charge in [-0.3, -0.25) is 9.67 Å². The van der Waals surface area contributed by atoms with Crippen LogP contribution in [0.1, 0.15) is 35.5 Å². The SMILES string of the molecule is CCn1cc(C(N)c2ccc(C)nc2C)cn1. The van der Waals surface area contributed by atoms with E-state index in [1.807, 2.05) is 43.1 Å². The lowest BCUT2D eigenvalue weighted by Gasteiger charge is -2.12. The van der Waals surface area contributed by atoms with Crippen molar-refractivity contribution in [1.82, 2.24) is 14.8 Å². The summed E-state index contributed by atoms with van der Waals surface area (Å²) in [5.41, 5.74) is 10.3. The first-order chi connectivity index (χ1) is 8.11. The third-order valence-corrected chi connectivity index (χ3v) is 2.94. The van der Waals surface area contributed by atoms with Gasteiger partial charge in [-0.2, -0.15) is 5.10 Å². The van der Waals surface area contributed by atoms with Gasteiger partial charge in [-0.05, 0) is 32.4 Å². The molecule has 0 aliphatic heterocycles. The Hall–Kier alpha value is -1.68. The maximum absolute atomic E-state index is 6.24. The third kappa shape index (κ3) is 2.36. The van der Waals surface area contributed by atoms with Crippen molar-refractivity contribution in [3.8, 4) is 0 Å². The summed E-state index contributed by atoms with van der Waals surface area (Å²) >= 11 is 0. The molecule has 2 N–H and O–H groups in total. The summed E-state index contributed by atoms with van der Waals surface area (Å²) in [5, 5.41) is 4.24. The molecule has 0 bridgehead atoms. The Morgan fingerprint density at radius 3 is 2.71 bits per heavy atom. The van der Waals surface area contributed by atoms with Crippen LogP contribution in [-0.2, 0) is 6.54 Å². The quantitative estimate of drug-likeness (QED) is 0.877. The fraction of sp³-hybridized carbons (Fsp3) is 0.385. The largest absolute Gasteiger partial charge is 0.320 e. The molecule has 0 radical (unpaired) electrons. The van der Waals surface area contributed by atoms with Gasteiger partial charge in [0.15, 0.2) is 0 Å². The molecule has 0 aromatic carbocycles. The lowest BCUT2D eigenvalue weighted by atomic mass is 10.0. The fourth-order valence-corrected chi connectivity index (χ4v) is 1.92. The third-order valence-electron chi connectivity index (χ3n) is 2.94. The van der Waals surface area contributed by atoms with Crippen molar-refractivity contribution in [2.75, 3.05) is 0 Å². The number of pyridine rings is 1. The van der Waals surface area contributed by atoms with Crippen LogP contribution in [-0.4, -0.2) is 14.8 Å². The molecule has 0 spiro atoms. The van der Waals surface area contributed by atoms with Gasteiger partial charge in [0.1, 0.15) is 0 Å². The van der Waals surface area contributed by atoms with Crippen molar-refractivity contribution in [1.29, 1.82) is 0 Å². The summed E-state index contributed by atoms with van der Waals surface area (Å²) in [5.74, 6) is 0. The maximum Gasteiger partial charge on any atom is 0.0600 e. The molecule has 0 amide bonds. The highest BCUT2D eigenvalue weighted by atomic mass is 15.3. The van der Waals surface area contributed by atoms with Crippen LogP contribution in [0.25, 0.3) is 0 Å². The molecule has 1 unspecified atom stereocenters. The van der Waals surface area contributed by atoms with Crippen LogP contribution in [0.3, 0.4) is 0 Å². The van der Waals surface area contributed by atoms with Gasteiger partial charge in [0.25, 0.3) is 0 Å². The molecule has 90 valence electrons. The van der Waals surface area contributed by atoms with Gasteiger partial charge in [0, 0.05) is 29.7 Å². The summed E-state index contributed by atoms with van der Waals surface area (Å²) in [7, 11) is 0. The van der Waals surface area contributed by atoms with E-state index in [1.54, 1.807) is 0 Å². The van der Waals surface area contributed by atoms with Crippen LogP contribution >= 0.6 is 0 Å². The highest BCUT2D eigenvalue weighted by Gasteiger charge is 2.13. The van der Waals surface area contributed by atoms with Crippen molar-refractivity contribution in [2.24, 2.45) is 5.73 Å². The predicted molar refractivity (Wildman–Crippen MR) is 67.6 cm³/mol. The Balaban J connectivity index is 2.33. The molecule has 17 heavy (non-hydrogen) atoms. The standard InChI is InChI=1S/C13H18N4/c1-4-17-8-11(7-15-17)13(14)12-6-5-9(2)16-10(12)3/h5-8,13H,4,14H2,1-3H3. The minimum Gasteiger partial charge on any atom is -0.320 e. The van der Waals surface area contributed by atoms with E-state index < -0.39 is 0 Å². The Morgan fingerprint density at radius 1 is 1.35 bits per heavy atom. The van der Waals surface area contributed by atoms with Gasteiger partial charge in [-0.25, -0.2) is 0 Å². The van der Waals surface area contributed by atoms with Gasteiger partial charge in [0.05, 0.1) is 12.2 Å². The first-order valence-corrected chi connectivity index (χ1v) is 5.84. The predicted octanol–water partition coefficient (Wildman–Crippen LogP) is 1.96. The lowest BCUT2D eigenvalue weighted by Crippen LogP contribution is -2.13. The number of hydrogen-bond acceptors (Lipinski definition) is 3. The van der Waals surface area contributed by atoms with E-state index in [9.17, 15) is 0 Å². The summed E-state index contributed by atoms with van der Waals surface area (Å²) in [6.45, 7) is 6.89. The molecule has 0 aliphatic carbocycles. The first kappa shape index (κ1) is 11.8. The zero-order valence-corrected chi connectivity index (χ0v) is 10.5. The van der Waals surface area contributed by atoms with Gasteiger partial charge >= 0.3 is 0 Å². The molecule has 1 atom stereocenters. The van der Waals surface area contributed by atoms with Crippen LogP contribution < -0.4 is 5.73 Å². The smallest absolute Gasteiger partial charge is 0.0600 e. The number of aromatic nitrogens is 3. The summed E-state index contributed by atoms with van der Waals surface area (Å²) < 4.78 is 1.88. The van der Waals surface area contributed by atoms with Gasteiger partial charge in [0.2, 0.25) is 0 Å². The van der Waals surface area contributed by atoms with E-state index in [2.05, 4.69) is 17.0 Å². The Morgan fingerprint density at radius 2 is 2.12 bits per heavy atom. The maximum atomic E-state index is 6.24. The molecule has 4 heteroatoms. The van der Waals surface area contributed by atoms with Crippen LogP contribution in [0.5, 0.6) is 0 Å². The molecule has 2 aromatic heterocycles. The molecule has 4 nitrogen and oxygen atoms in total. The highest BCUT2D eigenvalue weighted by molar-refractivity contribution is 5.32. The van der Waals surface area contributed by atoms with E-state index in [0.29, 0.717) is 0 Å². The molecule has 0 saturated heterocycles. The second-order valence-corrected chi connectivity index (χ2v) is 4.23. The molecule has 2 heterocycles. The number of nitrogens with zero attached hydrogens (tertiary/aromatic N) is 3. The molecule has 2 rings (SSSR count). The van der Waals surface area contributed by atoms with Crippen LogP contribution in [0.2, 0.25) is 0 Å². The molecule has 0 aliphatic rings. The second-order valence-electron chi connectivity index (χ2n) is 4.23. The van der Waals surface area contributed by atoms with Crippen LogP contribution in [0, 0.1) is 13.8 Å². The molecule has 2 aromatic rings. The summed E-state index contributed by atoms with van der Waals surface area (Å²) in [6.07, 6.45) is 3.82. The van der Waals surface area contributed by atoms with E-state index in [-0.39, 0.29) is 6.04 Å². The number of rotatable bonds is 3. The molecular weight excluding hydrogens is 212 g/mol. The van der Waals surface area contributed by atoms with E-state index in [4.69, 9.17) is 5.73 Å². The van der Waals surface area contributed by atoms with Gasteiger partial charge < -0.3 is 5.73 Å². The molecular formula is C13H18N4. The summed E-state index contributed by atoms with van der Waals surface area (Å²) in [6, 6.07) is 3.89. The monoisotopic (exact) mass is 230 g/mol. The minimum atomic E-state index is -0.150. The number of aryl methyl sites for hydroxylation is 3. The van der Waals surface area contributed by atoms with Crippen LogP contribution in [0.15, 0.2) is 24.5 Å². The van der Waals surface area contributed by atoms with Gasteiger partial charge in [-0.15, -0.1) is 0 Å².